The van der Waals surface area contributed by atoms with E-state index in [9.17, 15) is 9.59 Å². The van der Waals surface area contributed by atoms with E-state index in [1.54, 1.807) is 18.4 Å². The number of ether oxygens (including phenoxy) is 3. The second-order valence-electron chi connectivity index (χ2n) is 11.8. The van der Waals surface area contributed by atoms with Gasteiger partial charge >= 0.3 is 6.09 Å². The van der Waals surface area contributed by atoms with Gasteiger partial charge in [0, 0.05) is 47.9 Å². The molecule has 0 saturated carbocycles. The van der Waals surface area contributed by atoms with Crippen LogP contribution >= 0.6 is 11.3 Å². The summed E-state index contributed by atoms with van der Waals surface area (Å²) >= 11 is 1.55. The summed E-state index contributed by atoms with van der Waals surface area (Å²) in [5, 5.41) is 6.48. The number of methoxy groups -OCH3 is 1. The minimum Gasteiger partial charge on any atom is -0.496 e. The molecule has 0 aliphatic carbocycles. The van der Waals surface area contributed by atoms with Crippen LogP contribution in [0.4, 0.5) is 4.79 Å². The number of pyridine rings is 1. The lowest BCUT2D eigenvalue weighted by Crippen LogP contribution is -2.46. The quantitative estimate of drug-likeness (QED) is 0.365. The molecule has 10 nitrogen and oxygen atoms in total. The summed E-state index contributed by atoms with van der Waals surface area (Å²) in [5.41, 5.74) is 8.66. The van der Waals surface area contributed by atoms with Crippen molar-refractivity contribution in [3.8, 4) is 22.2 Å². The summed E-state index contributed by atoms with van der Waals surface area (Å²) < 4.78 is 17.6. The smallest absolute Gasteiger partial charge is 0.407 e. The average Bonchev–Trinajstić information content (AvgIpc) is 3.49. The number of fused-ring (bicyclic) bond motifs is 1. The molecular weight excluding hydrogens is 542 g/mol. The molecule has 2 aromatic heterocycles. The first-order valence-electron chi connectivity index (χ1n) is 13.9. The first kappa shape index (κ1) is 30.5. The number of nitrogens with zero attached hydrogens (tertiary/aromatic N) is 3. The van der Waals surface area contributed by atoms with E-state index < -0.39 is 23.6 Å². The minimum atomic E-state index is -0.593. The standard InChI is InChI=1S/C30H41N5O5S/c1-16(2)21-15-41-28(34-21)20-13-23(19-9-10-22(38-8)17(3)25(19)33-20)39-24-14-35(26(18(24)4)27(31)36)12-11-32-29(37)40-30(5,6)7/h9-10,13,15-16,18,24,26H,11-12,14H2,1-8H3,(H2,31,36)(H,32,37). The number of hydrogen-bond acceptors (Lipinski definition) is 9. The number of rotatable bonds is 9. The normalized spacial score (nSPS) is 19.5. The highest BCUT2D eigenvalue weighted by Gasteiger charge is 2.43. The van der Waals surface area contributed by atoms with Gasteiger partial charge in [0.15, 0.2) is 0 Å². The number of likely N-dealkylation sites (tertiary alicyclic amines) is 1. The van der Waals surface area contributed by atoms with Gasteiger partial charge in [-0.25, -0.2) is 14.8 Å². The van der Waals surface area contributed by atoms with Crippen LogP contribution in [-0.2, 0) is 9.53 Å². The lowest BCUT2D eigenvalue weighted by atomic mass is 10.00. The number of benzene rings is 1. The van der Waals surface area contributed by atoms with Crippen molar-refractivity contribution < 1.29 is 23.8 Å². The molecule has 0 bridgehead atoms. The Balaban J connectivity index is 1.62. The number of nitrogens with one attached hydrogen (secondary N) is 1. The number of hydrogen-bond donors (Lipinski definition) is 2. The van der Waals surface area contributed by atoms with Crippen molar-refractivity contribution in [3.05, 3.63) is 34.8 Å². The largest absolute Gasteiger partial charge is 0.496 e. The number of aromatic nitrogens is 2. The first-order chi connectivity index (χ1) is 19.3. The Morgan fingerprint density at radius 1 is 1.22 bits per heavy atom. The van der Waals surface area contributed by atoms with Gasteiger partial charge in [0.05, 0.1) is 24.4 Å². The zero-order valence-corrected chi connectivity index (χ0v) is 25.9. The summed E-state index contributed by atoms with van der Waals surface area (Å²) in [6, 6.07) is 5.24. The molecule has 0 radical (unpaired) electrons. The van der Waals surface area contributed by atoms with E-state index in [0.29, 0.717) is 31.3 Å². The van der Waals surface area contributed by atoms with Crippen LogP contribution in [0, 0.1) is 12.8 Å². The van der Waals surface area contributed by atoms with Crippen molar-refractivity contribution >= 4 is 34.2 Å². The van der Waals surface area contributed by atoms with Crippen LogP contribution in [0.25, 0.3) is 21.6 Å². The maximum absolute atomic E-state index is 12.5. The lowest BCUT2D eigenvalue weighted by Gasteiger charge is -2.24. The van der Waals surface area contributed by atoms with Gasteiger partial charge in [-0.15, -0.1) is 11.3 Å². The predicted molar refractivity (Wildman–Crippen MR) is 161 cm³/mol. The molecule has 1 fully saturated rings. The van der Waals surface area contributed by atoms with Crippen molar-refractivity contribution in [1.29, 1.82) is 0 Å². The van der Waals surface area contributed by atoms with Crippen molar-refractivity contribution in [3.63, 3.8) is 0 Å². The molecule has 3 heterocycles. The van der Waals surface area contributed by atoms with E-state index in [0.717, 1.165) is 38.6 Å². The number of primary amides is 1. The van der Waals surface area contributed by atoms with E-state index in [1.165, 1.54) is 0 Å². The van der Waals surface area contributed by atoms with Gasteiger partial charge in [0.25, 0.3) is 0 Å². The van der Waals surface area contributed by atoms with E-state index in [2.05, 4.69) is 24.5 Å². The van der Waals surface area contributed by atoms with Gasteiger partial charge in [-0.2, -0.15) is 0 Å². The van der Waals surface area contributed by atoms with E-state index in [4.69, 9.17) is 29.9 Å². The van der Waals surface area contributed by atoms with Crippen molar-refractivity contribution in [1.82, 2.24) is 20.2 Å². The van der Waals surface area contributed by atoms with Gasteiger partial charge in [0.2, 0.25) is 5.91 Å². The molecule has 222 valence electrons. The maximum Gasteiger partial charge on any atom is 0.407 e. The fraction of sp³-hybridized carbons (Fsp3) is 0.533. The maximum atomic E-state index is 12.5. The molecule has 1 aliphatic heterocycles. The third-order valence-electron chi connectivity index (χ3n) is 7.23. The molecule has 0 spiro atoms. The van der Waals surface area contributed by atoms with Crippen molar-refractivity contribution in [2.75, 3.05) is 26.7 Å². The molecule has 1 saturated heterocycles. The number of carbonyl (C=O) groups excluding carboxylic acids is 2. The number of alkyl carbamates (subject to hydrolysis) is 1. The monoisotopic (exact) mass is 583 g/mol. The predicted octanol–water partition coefficient (Wildman–Crippen LogP) is 4.88. The fourth-order valence-electron chi connectivity index (χ4n) is 5.12. The molecule has 3 N–H and O–H groups in total. The average molecular weight is 584 g/mol. The number of thiazole rings is 1. The zero-order valence-electron chi connectivity index (χ0n) is 25.1. The van der Waals surface area contributed by atoms with Gasteiger partial charge in [-0.3, -0.25) is 9.69 Å². The minimum absolute atomic E-state index is 0.188. The Bertz CT molecular complexity index is 1420. The number of amides is 2. The molecule has 3 unspecified atom stereocenters. The van der Waals surface area contributed by atoms with Crippen LogP contribution in [0.3, 0.4) is 0 Å². The van der Waals surface area contributed by atoms with Gasteiger partial charge < -0.3 is 25.3 Å². The second kappa shape index (κ2) is 12.2. The molecule has 2 amide bonds. The molecule has 11 heteroatoms. The summed E-state index contributed by atoms with van der Waals surface area (Å²) in [5.74, 6) is 1.09. The Hall–Kier alpha value is -3.44. The van der Waals surface area contributed by atoms with Gasteiger partial charge in [0.1, 0.15) is 33.9 Å². The van der Waals surface area contributed by atoms with E-state index >= 15 is 0 Å². The summed E-state index contributed by atoms with van der Waals surface area (Å²) in [6.45, 7) is 14.8. The molecule has 3 atom stereocenters. The van der Waals surface area contributed by atoms with Crippen LogP contribution in [0.5, 0.6) is 11.5 Å². The van der Waals surface area contributed by atoms with Crippen molar-refractivity contribution in [2.24, 2.45) is 11.7 Å². The number of carbonyl (C=O) groups is 2. The Kier molecular flexibility index (Phi) is 9.08. The third-order valence-corrected chi connectivity index (χ3v) is 8.11. The molecule has 4 rings (SSSR count). The summed E-state index contributed by atoms with van der Waals surface area (Å²) in [7, 11) is 1.64. The SMILES string of the molecule is COc1ccc2c(OC3CN(CCNC(=O)OC(C)(C)C)C(C(N)=O)C3C)cc(-c3nc(C(C)C)cs3)nc2c1C. The third kappa shape index (κ3) is 6.90. The molecule has 3 aromatic rings. The Morgan fingerprint density at radius 2 is 1.95 bits per heavy atom. The zero-order chi connectivity index (χ0) is 30.1. The van der Waals surface area contributed by atoms with Gasteiger partial charge in [-0.05, 0) is 45.7 Å². The number of nitrogens with two attached hydrogens (primary N) is 1. The second-order valence-corrected chi connectivity index (χ2v) is 12.7. The van der Waals surface area contributed by atoms with Crippen LogP contribution in [0.15, 0.2) is 23.6 Å². The van der Waals surface area contributed by atoms with Crippen LogP contribution in [0.1, 0.15) is 58.7 Å². The van der Waals surface area contributed by atoms with E-state index in [-0.39, 0.29) is 12.0 Å². The topological polar surface area (TPSA) is 129 Å². The Morgan fingerprint density at radius 3 is 2.56 bits per heavy atom. The van der Waals surface area contributed by atoms with Gasteiger partial charge in [-0.1, -0.05) is 20.8 Å². The lowest BCUT2D eigenvalue weighted by molar-refractivity contribution is -0.123. The summed E-state index contributed by atoms with van der Waals surface area (Å²) in [6.07, 6.45) is -0.824. The molecule has 41 heavy (non-hydrogen) atoms. The van der Waals surface area contributed by atoms with Crippen LogP contribution in [-0.4, -0.2) is 71.4 Å². The van der Waals surface area contributed by atoms with Crippen LogP contribution < -0.4 is 20.5 Å². The fourth-order valence-corrected chi connectivity index (χ4v) is 6.06. The van der Waals surface area contributed by atoms with E-state index in [1.807, 2.05) is 57.7 Å². The highest BCUT2D eigenvalue weighted by molar-refractivity contribution is 7.13. The Labute approximate surface area is 245 Å². The van der Waals surface area contributed by atoms with Crippen molar-refractivity contribution in [2.45, 2.75) is 72.1 Å². The molecule has 1 aromatic carbocycles. The highest BCUT2D eigenvalue weighted by atomic mass is 32.1. The van der Waals surface area contributed by atoms with Crippen LogP contribution in [0.2, 0.25) is 0 Å². The molecular formula is C30H41N5O5S. The number of aryl methyl sites for hydroxylation is 1. The highest BCUT2D eigenvalue weighted by Crippen LogP contribution is 2.38. The molecule has 1 aliphatic rings. The summed E-state index contributed by atoms with van der Waals surface area (Å²) in [4.78, 5) is 36.4. The first-order valence-corrected chi connectivity index (χ1v) is 14.8.